The maximum Gasteiger partial charge on any atom is 0.341 e. The number of thiophene rings is 1. The summed E-state index contributed by atoms with van der Waals surface area (Å²) in [6.07, 6.45) is 4.91. The summed E-state index contributed by atoms with van der Waals surface area (Å²) in [7, 11) is 1.35. The fourth-order valence-corrected chi connectivity index (χ4v) is 5.45. The van der Waals surface area contributed by atoms with Crippen LogP contribution in [0.2, 0.25) is 5.02 Å². The van der Waals surface area contributed by atoms with Crippen molar-refractivity contribution in [2.75, 3.05) is 12.4 Å². The lowest BCUT2D eigenvalue weighted by Crippen LogP contribution is -2.18. The minimum atomic E-state index is -0.439. The van der Waals surface area contributed by atoms with Crippen molar-refractivity contribution in [2.24, 2.45) is 0 Å². The van der Waals surface area contributed by atoms with Crippen LogP contribution in [0.15, 0.2) is 4.52 Å². The van der Waals surface area contributed by atoms with E-state index in [1.54, 1.807) is 11.6 Å². The normalized spacial score (nSPS) is 13.5. The molecule has 3 aromatic heterocycles. The zero-order valence-corrected chi connectivity index (χ0v) is 20.1. The molecule has 0 fully saturated rings. The van der Waals surface area contributed by atoms with E-state index >= 15 is 0 Å². The van der Waals surface area contributed by atoms with Crippen LogP contribution in [0.1, 0.15) is 73.3 Å². The molecule has 0 bridgehead atoms. The number of rotatable bonds is 5. The van der Waals surface area contributed by atoms with Crippen molar-refractivity contribution in [3.05, 3.63) is 49.4 Å². The number of ether oxygens (including phenoxy) is 1. The first-order valence-corrected chi connectivity index (χ1v) is 11.7. The molecule has 1 aliphatic carbocycles. The molecule has 3 heterocycles. The van der Waals surface area contributed by atoms with E-state index in [0.717, 1.165) is 48.2 Å². The molecule has 8 nitrogen and oxygen atoms in total. The van der Waals surface area contributed by atoms with Crippen LogP contribution in [-0.2, 0) is 24.1 Å². The first kappa shape index (κ1) is 22.5. The molecule has 1 N–H and O–H groups in total. The fraction of sp³-hybridized carbons (Fsp3) is 0.455. The molecular weight excluding hydrogens is 452 g/mol. The van der Waals surface area contributed by atoms with E-state index in [0.29, 0.717) is 39.1 Å². The maximum absolute atomic E-state index is 13.2. The molecule has 4 rings (SSSR count). The molecule has 32 heavy (non-hydrogen) atoms. The van der Waals surface area contributed by atoms with Gasteiger partial charge in [0.1, 0.15) is 10.8 Å². The van der Waals surface area contributed by atoms with Gasteiger partial charge in [0, 0.05) is 10.4 Å². The van der Waals surface area contributed by atoms with Crippen LogP contribution >= 0.6 is 22.9 Å². The maximum atomic E-state index is 13.2. The predicted molar refractivity (Wildman–Crippen MR) is 122 cm³/mol. The van der Waals surface area contributed by atoms with Crippen LogP contribution in [0, 0.1) is 20.8 Å². The Bertz CT molecular complexity index is 1190. The lowest BCUT2D eigenvalue weighted by atomic mass is 10.1. The zero-order valence-electron chi connectivity index (χ0n) is 18.5. The Kier molecular flexibility index (Phi) is 6.39. The average molecular weight is 477 g/mol. The van der Waals surface area contributed by atoms with Gasteiger partial charge in [-0.15, -0.1) is 11.3 Å². The minimum absolute atomic E-state index is 0.158. The highest BCUT2D eigenvalue weighted by atomic mass is 35.5. The first-order chi connectivity index (χ1) is 15.3. The smallest absolute Gasteiger partial charge is 0.341 e. The summed E-state index contributed by atoms with van der Waals surface area (Å²) in [5.74, 6) is -0.353. The molecule has 0 spiro atoms. The molecule has 1 amide bonds. The van der Waals surface area contributed by atoms with Gasteiger partial charge in [-0.25, -0.2) is 4.79 Å². The Morgan fingerprint density at radius 3 is 2.66 bits per heavy atom. The molecule has 0 aliphatic heterocycles. The van der Waals surface area contributed by atoms with Crippen LogP contribution in [-0.4, -0.2) is 33.9 Å². The highest BCUT2D eigenvalue weighted by Crippen LogP contribution is 2.38. The number of halogens is 1. The van der Waals surface area contributed by atoms with Crippen molar-refractivity contribution >= 4 is 39.8 Å². The molecule has 3 aromatic rings. The number of nitrogens with one attached hydrogen (secondary N) is 1. The number of carbonyl (C=O) groups excluding carboxylic acids is 2. The van der Waals surface area contributed by atoms with Crippen LogP contribution in [0.4, 0.5) is 5.00 Å². The summed E-state index contributed by atoms with van der Waals surface area (Å²) in [6.45, 7) is 5.74. The number of methoxy groups -OCH3 is 1. The second-order valence-corrected chi connectivity index (χ2v) is 9.41. The molecule has 0 radical (unpaired) electrons. The summed E-state index contributed by atoms with van der Waals surface area (Å²) in [4.78, 5) is 26.9. The number of anilines is 1. The number of aromatic nitrogens is 3. The third-order valence-corrected chi connectivity index (χ3v) is 7.59. The minimum Gasteiger partial charge on any atom is -0.465 e. The van der Waals surface area contributed by atoms with Gasteiger partial charge in [0.05, 0.1) is 35.6 Å². The number of fused-ring (bicyclic) bond motifs is 1. The van der Waals surface area contributed by atoms with Gasteiger partial charge < -0.3 is 14.6 Å². The Balaban J connectivity index is 1.66. The lowest BCUT2D eigenvalue weighted by Gasteiger charge is -2.08. The number of hydrogen-bond donors (Lipinski definition) is 1. The molecule has 1 aliphatic rings. The van der Waals surface area contributed by atoms with Crippen LogP contribution in [0.25, 0.3) is 0 Å². The van der Waals surface area contributed by atoms with Gasteiger partial charge in [-0.2, -0.15) is 5.10 Å². The highest BCUT2D eigenvalue weighted by Gasteiger charge is 2.28. The Hall–Kier alpha value is -2.65. The van der Waals surface area contributed by atoms with Gasteiger partial charge in [0.25, 0.3) is 5.91 Å². The number of esters is 1. The van der Waals surface area contributed by atoms with E-state index in [9.17, 15) is 9.59 Å². The fourth-order valence-electron chi connectivity index (χ4n) is 4.05. The van der Waals surface area contributed by atoms with Crippen LogP contribution in [0.5, 0.6) is 0 Å². The van der Waals surface area contributed by atoms with Crippen LogP contribution in [0.3, 0.4) is 0 Å². The molecule has 0 unspecified atom stereocenters. The number of carbonyl (C=O) groups is 2. The van der Waals surface area contributed by atoms with Gasteiger partial charge in [-0.1, -0.05) is 23.2 Å². The summed E-state index contributed by atoms with van der Waals surface area (Å²) < 4.78 is 12.1. The van der Waals surface area contributed by atoms with Gasteiger partial charge in [-0.3, -0.25) is 9.48 Å². The second-order valence-electron chi connectivity index (χ2n) is 7.92. The third kappa shape index (κ3) is 4.06. The first-order valence-electron chi connectivity index (χ1n) is 10.5. The van der Waals surface area contributed by atoms with E-state index < -0.39 is 11.9 Å². The number of aryl methyl sites for hydroxylation is 3. The molecule has 0 saturated carbocycles. The quantitative estimate of drug-likeness (QED) is 0.416. The van der Waals surface area contributed by atoms with Gasteiger partial charge in [-0.05, 0) is 52.0 Å². The summed E-state index contributed by atoms with van der Waals surface area (Å²) in [6, 6.07) is 0. The number of nitrogens with zero attached hydrogens (tertiary/aromatic N) is 3. The summed E-state index contributed by atoms with van der Waals surface area (Å²) >= 11 is 7.71. The van der Waals surface area contributed by atoms with Crippen molar-refractivity contribution in [2.45, 2.75) is 59.4 Å². The van der Waals surface area contributed by atoms with Crippen molar-refractivity contribution in [1.82, 2.24) is 14.9 Å². The van der Waals surface area contributed by atoms with Crippen molar-refractivity contribution in [3.8, 4) is 0 Å². The Morgan fingerprint density at radius 2 is 1.97 bits per heavy atom. The summed E-state index contributed by atoms with van der Waals surface area (Å²) in [5.41, 5.74) is 3.73. The van der Waals surface area contributed by atoms with E-state index in [1.165, 1.54) is 18.4 Å². The van der Waals surface area contributed by atoms with Crippen molar-refractivity contribution in [1.29, 1.82) is 0 Å². The van der Waals surface area contributed by atoms with Gasteiger partial charge in [0.2, 0.25) is 0 Å². The standard InChI is InChI=1S/C22H25ClN4O4S/c1-11-18(23)12(2)27(25-11)10-15-13(3)31-26-19(15)20(28)24-21-17(22(29)30-4)14-8-6-5-7-9-16(14)32-21/h5-10H2,1-4H3,(H,24,28). The zero-order chi connectivity index (χ0) is 23.0. The SMILES string of the molecule is COC(=O)c1c(NC(=O)c2noc(C)c2Cn2nc(C)c(Cl)c2C)sc2c1CCCCC2. The topological polar surface area (TPSA) is 99.2 Å². The largest absolute Gasteiger partial charge is 0.465 e. The molecule has 0 saturated heterocycles. The van der Waals surface area contributed by atoms with E-state index in [1.807, 2.05) is 13.8 Å². The predicted octanol–water partition coefficient (Wildman–Crippen LogP) is 4.87. The molecule has 0 atom stereocenters. The van der Waals surface area contributed by atoms with Gasteiger partial charge >= 0.3 is 5.97 Å². The van der Waals surface area contributed by atoms with E-state index in [4.69, 9.17) is 20.9 Å². The molecule has 170 valence electrons. The molecular formula is C22H25ClN4O4S. The molecule has 10 heteroatoms. The average Bonchev–Trinajstić information content (AvgIpc) is 3.31. The molecule has 0 aromatic carbocycles. The van der Waals surface area contributed by atoms with Crippen molar-refractivity contribution < 1.29 is 18.8 Å². The van der Waals surface area contributed by atoms with Crippen LogP contribution < -0.4 is 5.32 Å². The summed E-state index contributed by atoms with van der Waals surface area (Å²) in [5, 5.41) is 12.4. The second kappa shape index (κ2) is 9.07. The Labute approximate surface area is 194 Å². The van der Waals surface area contributed by atoms with E-state index in [-0.39, 0.29) is 5.69 Å². The Morgan fingerprint density at radius 1 is 1.22 bits per heavy atom. The monoisotopic (exact) mass is 476 g/mol. The number of hydrogen-bond acceptors (Lipinski definition) is 7. The van der Waals surface area contributed by atoms with E-state index in [2.05, 4.69) is 15.6 Å². The van der Waals surface area contributed by atoms with Gasteiger partial charge in [0.15, 0.2) is 5.69 Å². The number of amides is 1. The van der Waals surface area contributed by atoms with Crippen molar-refractivity contribution in [3.63, 3.8) is 0 Å². The lowest BCUT2D eigenvalue weighted by molar-refractivity contribution is 0.0601. The highest BCUT2D eigenvalue weighted by molar-refractivity contribution is 7.17. The third-order valence-electron chi connectivity index (χ3n) is 5.84.